The molecule has 2 aliphatic heterocycles. The van der Waals surface area contributed by atoms with Crippen LogP contribution in [0.15, 0.2) is 52.3 Å². The first-order chi connectivity index (χ1) is 13.6. The van der Waals surface area contributed by atoms with E-state index in [1.54, 1.807) is 0 Å². The maximum atomic E-state index is 11.1. The van der Waals surface area contributed by atoms with Crippen LogP contribution < -0.4 is 10.6 Å². The molecule has 2 aromatic rings. The lowest BCUT2D eigenvalue weighted by molar-refractivity contribution is -0.119. The summed E-state index contributed by atoms with van der Waals surface area (Å²) in [6.07, 6.45) is 1.11. The Labute approximate surface area is 171 Å². The van der Waals surface area contributed by atoms with E-state index in [1.807, 2.05) is 11.8 Å². The molecular formula is C22H28N4OS. The second-order valence-electron chi connectivity index (χ2n) is 7.63. The number of carbonyl (C=O) groups is 1. The molecule has 2 N–H and O–H groups in total. The standard InChI is InChI=1S/C22H28N4OS/c1-17-7-8-21-19(15-17)26(18-5-2-3-6-20(18)28-21)10-4-9-24-11-13-25(14-12-24)16-22(23)27/h2-3,5-8,15H,4,9-14,16H2,1H3,(H2,23,27). The second-order valence-corrected chi connectivity index (χ2v) is 8.71. The minimum Gasteiger partial charge on any atom is -0.369 e. The molecule has 0 bridgehead atoms. The Morgan fingerprint density at radius 2 is 1.68 bits per heavy atom. The summed E-state index contributed by atoms with van der Waals surface area (Å²) in [4.78, 5) is 20.9. The molecule has 0 spiro atoms. The van der Waals surface area contributed by atoms with E-state index in [4.69, 9.17) is 5.73 Å². The van der Waals surface area contributed by atoms with Crippen molar-refractivity contribution in [1.82, 2.24) is 9.80 Å². The fourth-order valence-corrected chi connectivity index (χ4v) is 5.10. The lowest BCUT2D eigenvalue weighted by Gasteiger charge is -2.36. The minimum absolute atomic E-state index is 0.232. The molecule has 0 atom stereocenters. The van der Waals surface area contributed by atoms with Gasteiger partial charge in [0, 0.05) is 42.5 Å². The maximum absolute atomic E-state index is 11.1. The molecule has 4 rings (SSSR count). The van der Waals surface area contributed by atoms with Crippen molar-refractivity contribution in [1.29, 1.82) is 0 Å². The lowest BCUT2D eigenvalue weighted by Crippen LogP contribution is -2.49. The average molecular weight is 397 g/mol. The van der Waals surface area contributed by atoms with Gasteiger partial charge in [-0.05, 0) is 49.7 Å². The van der Waals surface area contributed by atoms with Crippen molar-refractivity contribution in [3.63, 3.8) is 0 Å². The zero-order valence-corrected chi connectivity index (χ0v) is 17.3. The van der Waals surface area contributed by atoms with Crippen LogP contribution in [0.1, 0.15) is 12.0 Å². The molecule has 6 heteroatoms. The molecule has 148 valence electrons. The number of para-hydroxylation sites is 1. The number of hydrogen-bond donors (Lipinski definition) is 1. The van der Waals surface area contributed by atoms with Crippen molar-refractivity contribution in [2.75, 3.05) is 50.7 Å². The normalized spacial score (nSPS) is 17.2. The highest BCUT2D eigenvalue weighted by Crippen LogP contribution is 2.48. The van der Waals surface area contributed by atoms with Crippen LogP contribution in [0.5, 0.6) is 0 Å². The molecule has 0 unspecified atom stereocenters. The fourth-order valence-electron chi connectivity index (χ4n) is 4.02. The van der Waals surface area contributed by atoms with Gasteiger partial charge in [0.05, 0.1) is 17.9 Å². The Kier molecular flexibility index (Phi) is 5.90. The van der Waals surface area contributed by atoms with E-state index in [2.05, 4.69) is 64.1 Å². The first kappa shape index (κ1) is 19.3. The van der Waals surface area contributed by atoms with Crippen LogP contribution >= 0.6 is 11.8 Å². The molecular weight excluding hydrogens is 368 g/mol. The van der Waals surface area contributed by atoms with E-state index in [0.29, 0.717) is 6.54 Å². The predicted molar refractivity (Wildman–Crippen MR) is 115 cm³/mol. The quantitative estimate of drug-likeness (QED) is 0.813. The number of piperazine rings is 1. The average Bonchev–Trinajstić information content (AvgIpc) is 2.68. The van der Waals surface area contributed by atoms with Gasteiger partial charge in [0.1, 0.15) is 0 Å². The molecule has 1 fully saturated rings. The summed E-state index contributed by atoms with van der Waals surface area (Å²) in [6, 6.07) is 15.4. The lowest BCUT2D eigenvalue weighted by atomic mass is 10.1. The molecule has 2 aliphatic rings. The number of aryl methyl sites for hydroxylation is 1. The van der Waals surface area contributed by atoms with E-state index in [1.165, 1.54) is 26.7 Å². The number of fused-ring (bicyclic) bond motifs is 2. The predicted octanol–water partition coefficient (Wildman–Crippen LogP) is 3.09. The van der Waals surface area contributed by atoms with Crippen LogP contribution in [0.25, 0.3) is 0 Å². The van der Waals surface area contributed by atoms with Crippen LogP contribution in [-0.2, 0) is 4.79 Å². The second kappa shape index (κ2) is 8.55. The first-order valence-electron chi connectivity index (χ1n) is 9.98. The van der Waals surface area contributed by atoms with Crippen molar-refractivity contribution >= 4 is 29.0 Å². The van der Waals surface area contributed by atoms with Crippen LogP contribution in [0, 0.1) is 6.92 Å². The highest BCUT2D eigenvalue weighted by Gasteiger charge is 2.23. The molecule has 1 amide bonds. The highest BCUT2D eigenvalue weighted by atomic mass is 32.2. The van der Waals surface area contributed by atoms with E-state index in [9.17, 15) is 4.79 Å². The number of hydrogen-bond acceptors (Lipinski definition) is 5. The Hall–Kier alpha value is -2.02. The molecule has 1 saturated heterocycles. The Balaban J connectivity index is 1.39. The molecule has 0 radical (unpaired) electrons. The first-order valence-corrected chi connectivity index (χ1v) is 10.8. The van der Waals surface area contributed by atoms with Gasteiger partial charge in [-0.2, -0.15) is 0 Å². The maximum Gasteiger partial charge on any atom is 0.231 e. The van der Waals surface area contributed by atoms with Crippen LogP contribution in [0.4, 0.5) is 11.4 Å². The van der Waals surface area contributed by atoms with E-state index in [0.717, 1.165) is 45.7 Å². The highest BCUT2D eigenvalue weighted by molar-refractivity contribution is 7.99. The Bertz CT molecular complexity index is 848. The number of benzene rings is 2. The monoisotopic (exact) mass is 396 g/mol. The third kappa shape index (κ3) is 4.35. The number of primary amides is 1. The van der Waals surface area contributed by atoms with Gasteiger partial charge in [0.2, 0.25) is 5.91 Å². The van der Waals surface area contributed by atoms with Crippen molar-refractivity contribution in [2.24, 2.45) is 5.73 Å². The molecule has 0 aliphatic carbocycles. The van der Waals surface area contributed by atoms with E-state index in [-0.39, 0.29) is 5.91 Å². The topological polar surface area (TPSA) is 52.8 Å². The summed E-state index contributed by atoms with van der Waals surface area (Å²) in [6.45, 7) is 8.50. The van der Waals surface area contributed by atoms with Crippen LogP contribution in [0.2, 0.25) is 0 Å². The van der Waals surface area contributed by atoms with Crippen molar-refractivity contribution in [2.45, 2.75) is 23.1 Å². The smallest absolute Gasteiger partial charge is 0.231 e. The largest absolute Gasteiger partial charge is 0.369 e. The molecule has 0 aromatic heterocycles. The minimum atomic E-state index is -0.232. The number of nitrogens with zero attached hydrogens (tertiary/aromatic N) is 3. The molecule has 0 saturated carbocycles. The molecule has 28 heavy (non-hydrogen) atoms. The number of anilines is 2. The SMILES string of the molecule is Cc1ccc2c(c1)N(CCCN1CCN(CC(N)=O)CC1)c1ccccc1S2. The summed E-state index contributed by atoms with van der Waals surface area (Å²) in [5, 5.41) is 0. The molecule has 5 nitrogen and oxygen atoms in total. The number of rotatable bonds is 6. The number of amides is 1. The fraction of sp³-hybridized carbons (Fsp3) is 0.409. The third-order valence-electron chi connectivity index (χ3n) is 5.48. The van der Waals surface area contributed by atoms with Gasteiger partial charge in [0.15, 0.2) is 0 Å². The van der Waals surface area contributed by atoms with E-state index < -0.39 is 0 Å². The van der Waals surface area contributed by atoms with Crippen molar-refractivity contribution < 1.29 is 4.79 Å². The zero-order valence-electron chi connectivity index (χ0n) is 16.4. The summed E-state index contributed by atoms with van der Waals surface area (Å²) < 4.78 is 0. The number of carbonyl (C=O) groups excluding carboxylic acids is 1. The summed E-state index contributed by atoms with van der Waals surface area (Å²) >= 11 is 1.87. The Morgan fingerprint density at radius 3 is 2.46 bits per heavy atom. The summed E-state index contributed by atoms with van der Waals surface area (Å²) in [5.41, 5.74) is 9.25. The number of nitrogens with two attached hydrogens (primary N) is 1. The van der Waals surface area contributed by atoms with Gasteiger partial charge in [-0.1, -0.05) is 30.0 Å². The van der Waals surface area contributed by atoms with Gasteiger partial charge in [-0.25, -0.2) is 0 Å². The Morgan fingerprint density at radius 1 is 0.964 bits per heavy atom. The summed E-state index contributed by atoms with van der Waals surface area (Å²) in [5.74, 6) is -0.232. The van der Waals surface area contributed by atoms with Gasteiger partial charge in [-0.3, -0.25) is 9.69 Å². The molecule has 2 aromatic carbocycles. The van der Waals surface area contributed by atoms with Gasteiger partial charge in [-0.15, -0.1) is 0 Å². The van der Waals surface area contributed by atoms with Gasteiger partial charge < -0.3 is 15.5 Å². The van der Waals surface area contributed by atoms with Crippen LogP contribution in [-0.4, -0.2) is 61.5 Å². The van der Waals surface area contributed by atoms with Gasteiger partial charge >= 0.3 is 0 Å². The van der Waals surface area contributed by atoms with E-state index >= 15 is 0 Å². The summed E-state index contributed by atoms with van der Waals surface area (Å²) in [7, 11) is 0. The molecule has 2 heterocycles. The van der Waals surface area contributed by atoms with Gasteiger partial charge in [0.25, 0.3) is 0 Å². The van der Waals surface area contributed by atoms with Crippen molar-refractivity contribution in [3.05, 3.63) is 48.0 Å². The third-order valence-corrected chi connectivity index (χ3v) is 6.61. The zero-order chi connectivity index (χ0) is 19.5. The van der Waals surface area contributed by atoms with Crippen LogP contribution in [0.3, 0.4) is 0 Å². The van der Waals surface area contributed by atoms with Crippen molar-refractivity contribution in [3.8, 4) is 0 Å².